The van der Waals surface area contributed by atoms with Crippen LogP contribution in [0.5, 0.6) is 11.5 Å². The monoisotopic (exact) mass is 422 g/mol. The van der Waals surface area contributed by atoms with Gasteiger partial charge in [0.25, 0.3) is 0 Å². The van der Waals surface area contributed by atoms with Gasteiger partial charge in [0.15, 0.2) is 11.5 Å². The van der Waals surface area contributed by atoms with E-state index in [0.29, 0.717) is 36.0 Å². The van der Waals surface area contributed by atoms with E-state index in [0.717, 1.165) is 16.1 Å². The molecule has 2 aromatic carbocycles. The van der Waals surface area contributed by atoms with Crippen LogP contribution in [0, 0.1) is 0 Å². The molecule has 1 unspecified atom stereocenters. The minimum Gasteiger partial charge on any atom is -0.454 e. The lowest BCUT2D eigenvalue weighted by Gasteiger charge is -2.23. The number of aromatic nitrogens is 2. The minimum absolute atomic E-state index is 0.0462. The highest BCUT2D eigenvalue weighted by Gasteiger charge is 2.36. The quantitative estimate of drug-likeness (QED) is 0.679. The molecule has 152 valence electrons. The zero-order chi connectivity index (χ0) is 20.5. The zero-order valence-electron chi connectivity index (χ0n) is 15.9. The summed E-state index contributed by atoms with van der Waals surface area (Å²) in [5, 5.41) is 12.2. The van der Waals surface area contributed by atoms with E-state index >= 15 is 0 Å². The molecule has 1 atom stereocenters. The maximum atomic E-state index is 12.9. The Bertz CT molecular complexity index is 1100. The molecular weight excluding hydrogens is 404 g/mol. The number of ether oxygens (including phenoxy) is 2. The molecule has 5 rings (SSSR count). The van der Waals surface area contributed by atoms with Crippen LogP contribution in [0.25, 0.3) is 10.6 Å². The van der Waals surface area contributed by atoms with Gasteiger partial charge in [0.1, 0.15) is 11.0 Å². The third-order valence-electron chi connectivity index (χ3n) is 5.10. The number of likely N-dealkylation sites (tertiary alicyclic amines) is 1. The zero-order valence-corrected chi connectivity index (χ0v) is 16.7. The number of carbonyl (C=O) groups excluding carboxylic acids is 2. The molecule has 1 aromatic heterocycles. The number of rotatable bonds is 5. The molecule has 8 nitrogen and oxygen atoms in total. The third-order valence-corrected chi connectivity index (χ3v) is 5.98. The molecule has 0 aliphatic carbocycles. The summed E-state index contributed by atoms with van der Waals surface area (Å²) in [4.78, 5) is 26.9. The van der Waals surface area contributed by atoms with Gasteiger partial charge in [-0.15, -0.1) is 10.2 Å². The van der Waals surface area contributed by atoms with Crippen LogP contribution in [0.2, 0.25) is 0 Å². The number of benzene rings is 2. The normalized spacial score (nSPS) is 17.4. The Kier molecular flexibility index (Phi) is 4.80. The molecule has 0 saturated carbocycles. The molecule has 2 aliphatic rings. The average molecular weight is 422 g/mol. The van der Waals surface area contributed by atoms with Crippen LogP contribution >= 0.6 is 11.3 Å². The van der Waals surface area contributed by atoms with Crippen molar-refractivity contribution in [3.8, 4) is 22.1 Å². The first-order chi connectivity index (χ1) is 14.7. The fraction of sp³-hybridized carbons (Fsp3) is 0.238. The predicted octanol–water partition coefficient (Wildman–Crippen LogP) is 3.06. The van der Waals surface area contributed by atoms with E-state index in [9.17, 15) is 9.59 Å². The molecule has 0 radical (unpaired) electrons. The number of nitrogens with one attached hydrogen (secondary N) is 1. The number of amides is 2. The van der Waals surface area contributed by atoms with Gasteiger partial charge in [-0.1, -0.05) is 47.7 Å². The average Bonchev–Trinajstić information content (AvgIpc) is 3.49. The highest BCUT2D eigenvalue weighted by atomic mass is 32.1. The van der Waals surface area contributed by atoms with Crippen LogP contribution in [0.15, 0.2) is 48.5 Å². The Morgan fingerprint density at radius 2 is 1.97 bits per heavy atom. The van der Waals surface area contributed by atoms with Gasteiger partial charge in [0, 0.05) is 18.5 Å². The van der Waals surface area contributed by atoms with Crippen molar-refractivity contribution < 1.29 is 19.1 Å². The first-order valence-electron chi connectivity index (χ1n) is 9.55. The van der Waals surface area contributed by atoms with Gasteiger partial charge in [0.05, 0.1) is 0 Å². The smallest absolute Gasteiger partial charge is 0.249 e. The fourth-order valence-electron chi connectivity index (χ4n) is 3.60. The Hall–Kier alpha value is -3.46. The van der Waals surface area contributed by atoms with Crippen LogP contribution in [0.1, 0.15) is 18.4 Å². The van der Waals surface area contributed by atoms with Crippen molar-refractivity contribution in [3.05, 3.63) is 54.1 Å². The van der Waals surface area contributed by atoms with Crippen molar-refractivity contribution in [3.63, 3.8) is 0 Å². The molecule has 3 heterocycles. The lowest BCUT2D eigenvalue weighted by atomic mass is 10.1. The number of carbonyl (C=O) groups is 2. The second-order valence-electron chi connectivity index (χ2n) is 7.03. The van der Waals surface area contributed by atoms with Crippen molar-refractivity contribution >= 4 is 28.3 Å². The lowest BCUT2D eigenvalue weighted by molar-refractivity contribution is -0.133. The molecular formula is C21H18N4O4S. The molecule has 3 aromatic rings. The van der Waals surface area contributed by atoms with E-state index in [2.05, 4.69) is 15.5 Å². The van der Waals surface area contributed by atoms with E-state index in [1.807, 2.05) is 48.5 Å². The minimum atomic E-state index is -0.549. The highest BCUT2D eigenvalue weighted by Crippen LogP contribution is 2.34. The summed E-state index contributed by atoms with van der Waals surface area (Å²) in [7, 11) is 0. The van der Waals surface area contributed by atoms with Crippen molar-refractivity contribution in [2.75, 3.05) is 12.1 Å². The molecule has 0 spiro atoms. The molecule has 9 heteroatoms. The highest BCUT2D eigenvalue weighted by molar-refractivity contribution is 7.18. The van der Waals surface area contributed by atoms with Gasteiger partial charge in [-0.2, -0.15) is 0 Å². The van der Waals surface area contributed by atoms with E-state index < -0.39 is 6.04 Å². The summed E-state index contributed by atoms with van der Waals surface area (Å²) in [5.41, 5.74) is 1.82. The lowest BCUT2D eigenvalue weighted by Crippen LogP contribution is -2.41. The first-order valence-corrected chi connectivity index (χ1v) is 10.4. The largest absolute Gasteiger partial charge is 0.454 e. The van der Waals surface area contributed by atoms with Crippen LogP contribution in [-0.4, -0.2) is 39.7 Å². The van der Waals surface area contributed by atoms with Gasteiger partial charge in [-0.3, -0.25) is 14.9 Å². The SMILES string of the molecule is O=C(Nc1nnc(-c2ccccc2)s1)C1CCC(=O)N1Cc1ccc2c(c1)OCO2. The molecule has 30 heavy (non-hydrogen) atoms. The number of hydrogen-bond donors (Lipinski definition) is 1. The van der Waals surface area contributed by atoms with Crippen LogP contribution in [-0.2, 0) is 16.1 Å². The van der Waals surface area contributed by atoms with Crippen LogP contribution in [0.4, 0.5) is 5.13 Å². The summed E-state index contributed by atoms with van der Waals surface area (Å²) in [6.07, 6.45) is 0.813. The van der Waals surface area contributed by atoms with Crippen molar-refractivity contribution in [1.82, 2.24) is 15.1 Å². The van der Waals surface area contributed by atoms with Gasteiger partial charge < -0.3 is 14.4 Å². The summed E-state index contributed by atoms with van der Waals surface area (Å²) >= 11 is 1.30. The molecule has 1 N–H and O–H groups in total. The third kappa shape index (κ3) is 3.59. The van der Waals surface area contributed by atoms with Crippen LogP contribution < -0.4 is 14.8 Å². The molecule has 2 aliphatic heterocycles. The van der Waals surface area contributed by atoms with Crippen LogP contribution in [0.3, 0.4) is 0 Å². The predicted molar refractivity (Wildman–Crippen MR) is 110 cm³/mol. The first kappa shape index (κ1) is 18.6. The van der Waals surface area contributed by atoms with E-state index in [1.165, 1.54) is 11.3 Å². The summed E-state index contributed by atoms with van der Waals surface area (Å²) < 4.78 is 10.7. The van der Waals surface area contributed by atoms with Gasteiger partial charge in [-0.25, -0.2) is 0 Å². The van der Waals surface area contributed by atoms with Gasteiger partial charge >= 0.3 is 0 Å². The second kappa shape index (κ2) is 7.75. The number of fused-ring (bicyclic) bond motifs is 1. The fourth-order valence-corrected chi connectivity index (χ4v) is 4.35. The Morgan fingerprint density at radius 3 is 2.83 bits per heavy atom. The Balaban J connectivity index is 1.29. The molecule has 1 fully saturated rings. The van der Waals surface area contributed by atoms with E-state index in [4.69, 9.17) is 9.47 Å². The summed E-state index contributed by atoms with van der Waals surface area (Å²) in [6.45, 7) is 0.526. The Labute approximate surface area is 176 Å². The summed E-state index contributed by atoms with van der Waals surface area (Å²) in [6, 6.07) is 14.7. The number of nitrogens with zero attached hydrogens (tertiary/aromatic N) is 3. The van der Waals surface area contributed by atoms with E-state index in [-0.39, 0.29) is 18.6 Å². The molecule has 2 amide bonds. The van der Waals surface area contributed by atoms with Crippen molar-refractivity contribution in [2.45, 2.75) is 25.4 Å². The topological polar surface area (TPSA) is 93.7 Å². The van der Waals surface area contributed by atoms with Gasteiger partial charge in [-0.05, 0) is 24.1 Å². The maximum Gasteiger partial charge on any atom is 0.249 e. The van der Waals surface area contributed by atoms with E-state index in [1.54, 1.807) is 4.90 Å². The van der Waals surface area contributed by atoms with Crippen molar-refractivity contribution in [2.24, 2.45) is 0 Å². The van der Waals surface area contributed by atoms with Gasteiger partial charge in [0.2, 0.25) is 23.7 Å². The summed E-state index contributed by atoms with van der Waals surface area (Å²) in [5.74, 6) is 1.04. The number of anilines is 1. The molecule has 1 saturated heterocycles. The number of hydrogen-bond acceptors (Lipinski definition) is 7. The molecule has 0 bridgehead atoms. The maximum absolute atomic E-state index is 12.9. The second-order valence-corrected chi connectivity index (χ2v) is 8.01. The van der Waals surface area contributed by atoms with Crippen molar-refractivity contribution in [1.29, 1.82) is 0 Å². The standard InChI is InChI=1S/C21H18N4O4S/c26-18-9-7-15(25(18)11-13-6-8-16-17(10-13)29-12-28-16)19(27)22-21-24-23-20(30-21)14-4-2-1-3-5-14/h1-6,8,10,15H,7,9,11-12H2,(H,22,24,27). The Morgan fingerprint density at radius 1 is 1.13 bits per heavy atom.